The maximum Gasteiger partial charge on any atom is 0.262 e. The second-order valence-corrected chi connectivity index (χ2v) is 6.83. The van der Waals surface area contributed by atoms with Gasteiger partial charge in [0.2, 0.25) is 5.55 Å². The van der Waals surface area contributed by atoms with Crippen molar-refractivity contribution in [2.75, 3.05) is 19.5 Å². The zero-order chi connectivity index (χ0) is 21.8. The van der Waals surface area contributed by atoms with Gasteiger partial charge in [-0.15, -0.1) is 0 Å². The Morgan fingerprint density at radius 3 is 2.61 bits per heavy atom. The number of fused-ring (bicyclic) bond motifs is 1. The third-order valence-electron chi connectivity index (χ3n) is 4.66. The zero-order valence-electron chi connectivity index (χ0n) is 17.4. The Labute approximate surface area is 179 Å². The summed E-state index contributed by atoms with van der Waals surface area (Å²) in [7, 11) is 3.12. The van der Waals surface area contributed by atoms with Crippen molar-refractivity contribution < 1.29 is 18.7 Å². The maximum atomic E-state index is 13.1. The van der Waals surface area contributed by atoms with E-state index in [-0.39, 0.29) is 17.0 Å². The van der Waals surface area contributed by atoms with Gasteiger partial charge < -0.3 is 19.2 Å². The fraction of sp³-hybridized carbons (Fsp3) is 0.125. The number of hydrogen-bond donors (Lipinski definition) is 1. The fourth-order valence-corrected chi connectivity index (χ4v) is 3.03. The Morgan fingerprint density at radius 1 is 1.03 bits per heavy atom. The Morgan fingerprint density at radius 2 is 1.87 bits per heavy atom. The van der Waals surface area contributed by atoms with Crippen molar-refractivity contribution >= 4 is 28.4 Å². The number of benzene rings is 2. The van der Waals surface area contributed by atoms with E-state index in [0.29, 0.717) is 28.6 Å². The molecule has 0 saturated carbocycles. The summed E-state index contributed by atoms with van der Waals surface area (Å²) in [5.74, 6) is 1.19. The first kappa shape index (κ1) is 20.2. The molecule has 0 saturated heterocycles. The molecule has 0 atom stereocenters. The number of amides is 1. The minimum absolute atomic E-state index is 0.148. The van der Waals surface area contributed by atoms with Crippen LogP contribution in [0.1, 0.15) is 15.9 Å². The number of anilines is 1. The molecule has 0 bridgehead atoms. The Bertz CT molecular complexity index is 1310. The molecule has 0 aliphatic heterocycles. The molecule has 7 heteroatoms. The number of carbonyl (C=O) groups is 1. The number of nitrogens with one attached hydrogen (secondary N) is 1. The van der Waals surface area contributed by atoms with Crippen LogP contribution in [-0.2, 0) is 0 Å². The van der Waals surface area contributed by atoms with Crippen LogP contribution in [0.3, 0.4) is 0 Å². The average Bonchev–Trinajstić information content (AvgIpc) is 2.80. The maximum absolute atomic E-state index is 13.1. The second kappa shape index (κ2) is 8.71. The highest BCUT2D eigenvalue weighted by molar-refractivity contribution is 6.04. The van der Waals surface area contributed by atoms with E-state index in [2.05, 4.69) is 15.3 Å². The molecule has 0 unspecified atom stereocenters. The quantitative estimate of drug-likeness (QED) is 0.513. The first-order valence-electron chi connectivity index (χ1n) is 9.61. The lowest BCUT2D eigenvalue weighted by molar-refractivity contribution is 0.102. The molecule has 7 nitrogen and oxygen atoms in total. The number of ether oxygens (including phenoxy) is 2. The van der Waals surface area contributed by atoms with Crippen molar-refractivity contribution in [3.63, 3.8) is 0 Å². The van der Waals surface area contributed by atoms with Crippen LogP contribution >= 0.6 is 0 Å². The van der Waals surface area contributed by atoms with Crippen LogP contribution in [0.2, 0.25) is 0 Å². The molecule has 2 heterocycles. The number of pyridine rings is 1. The van der Waals surface area contributed by atoms with Gasteiger partial charge >= 0.3 is 0 Å². The van der Waals surface area contributed by atoms with Gasteiger partial charge in [0, 0.05) is 17.6 Å². The first-order chi connectivity index (χ1) is 15.1. The Hall–Kier alpha value is -4.13. The van der Waals surface area contributed by atoms with E-state index in [1.54, 1.807) is 50.7 Å². The minimum atomic E-state index is -0.383. The number of carbonyl (C=O) groups excluding carboxylic acids is 1. The molecule has 31 heavy (non-hydrogen) atoms. The van der Waals surface area contributed by atoms with Gasteiger partial charge in [-0.3, -0.25) is 4.79 Å². The van der Waals surface area contributed by atoms with Gasteiger partial charge in [0.25, 0.3) is 5.91 Å². The summed E-state index contributed by atoms with van der Waals surface area (Å²) in [5, 5.41) is 3.58. The van der Waals surface area contributed by atoms with Crippen LogP contribution in [0.25, 0.3) is 11.0 Å². The molecule has 0 fully saturated rings. The van der Waals surface area contributed by atoms with Crippen molar-refractivity contribution in [3.05, 3.63) is 83.5 Å². The Balaban J connectivity index is 1.87. The van der Waals surface area contributed by atoms with E-state index in [1.165, 1.54) is 0 Å². The minimum Gasteiger partial charge on any atom is -0.497 e. The molecule has 4 aromatic rings. The standard InChI is InChI=1S/C24H21N3O4/c1-15-8-11-22(25-14-15)27-23(28)18-12-16-6-4-5-7-20(16)31-24(18)26-19-13-17(29-2)9-10-21(19)30-3/h4-14H,1-3H3,(H,25,27,28). The highest BCUT2D eigenvalue weighted by Crippen LogP contribution is 2.31. The summed E-state index contributed by atoms with van der Waals surface area (Å²) in [6, 6.07) is 18.0. The SMILES string of the molecule is COc1ccc(OC)c(N=c2oc3ccccc3cc2C(=O)Nc2ccc(C)cn2)c1. The summed E-state index contributed by atoms with van der Waals surface area (Å²) in [6.07, 6.45) is 1.69. The van der Waals surface area contributed by atoms with Crippen LogP contribution in [0.5, 0.6) is 11.5 Å². The molecule has 0 radical (unpaired) electrons. The smallest absolute Gasteiger partial charge is 0.262 e. The molecular weight excluding hydrogens is 394 g/mol. The number of hydrogen-bond acceptors (Lipinski definition) is 6. The van der Waals surface area contributed by atoms with Gasteiger partial charge in [-0.1, -0.05) is 24.3 Å². The van der Waals surface area contributed by atoms with Crippen LogP contribution in [0.4, 0.5) is 11.5 Å². The number of methoxy groups -OCH3 is 2. The van der Waals surface area contributed by atoms with Crippen molar-refractivity contribution in [1.82, 2.24) is 4.98 Å². The fourth-order valence-electron chi connectivity index (χ4n) is 3.03. The van der Waals surface area contributed by atoms with Crippen molar-refractivity contribution in [3.8, 4) is 11.5 Å². The molecule has 0 aliphatic rings. The zero-order valence-corrected chi connectivity index (χ0v) is 17.4. The summed E-state index contributed by atoms with van der Waals surface area (Å²) < 4.78 is 16.7. The van der Waals surface area contributed by atoms with Crippen molar-refractivity contribution in [2.24, 2.45) is 4.99 Å². The Kier molecular flexibility index (Phi) is 5.66. The largest absolute Gasteiger partial charge is 0.497 e. The summed E-state index contributed by atoms with van der Waals surface area (Å²) >= 11 is 0. The van der Waals surface area contributed by atoms with Crippen molar-refractivity contribution in [2.45, 2.75) is 6.92 Å². The number of nitrogens with zero attached hydrogens (tertiary/aromatic N) is 2. The number of aromatic nitrogens is 1. The molecule has 1 N–H and O–H groups in total. The molecule has 2 aromatic heterocycles. The monoisotopic (exact) mass is 415 g/mol. The lowest BCUT2D eigenvalue weighted by Gasteiger charge is -2.09. The van der Waals surface area contributed by atoms with E-state index in [1.807, 2.05) is 37.3 Å². The van der Waals surface area contributed by atoms with Crippen LogP contribution in [0.15, 0.2) is 76.3 Å². The molecular formula is C24H21N3O4. The second-order valence-electron chi connectivity index (χ2n) is 6.83. The summed E-state index contributed by atoms with van der Waals surface area (Å²) in [6.45, 7) is 1.93. The molecule has 156 valence electrons. The molecule has 0 spiro atoms. The lowest BCUT2D eigenvalue weighted by atomic mass is 10.1. The van der Waals surface area contributed by atoms with E-state index in [0.717, 1.165) is 10.9 Å². The average molecular weight is 415 g/mol. The normalized spacial score (nSPS) is 11.4. The molecule has 1 amide bonds. The third kappa shape index (κ3) is 4.40. The lowest BCUT2D eigenvalue weighted by Crippen LogP contribution is -2.22. The van der Waals surface area contributed by atoms with Gasteiger partial charge in [0.1, 0.15) is 34.2 Å². The molecule has 4 rings (SSSR count). The van der Waals surface area contributed by atoms with E-state index in [4.69, 9.17) is 13.9 Å². The van der Waals surface area contributed by atoms with Gasteiger partial charge in [-0.05, 0) is 42.8 Å². The molecule has 2 aromatic carbocycles. The summed E-state index contributed by atoms with van der Waals surface area (Å²) in [4.78, 5) is 21.9. The van der Waals surface area contributed by atoms with Gasteiger partial charge in [-0.2, -0.15) is 0 Å². The first-order valence-corrected chi connectivity index (χ1v) is 9.61. The predicted octanol–water partition coefficient (Wildman–Crippen LogP) is 4.64. The van der Waals surface area contributed by atoms with Gasteiger partial charge in [-0.25, -0.2) is 9.98 Å². The van der Waals surface area contributed by atoms with Crippen LogP contribution in [0, 0.1) is 6.92 Å². The predicted molar refractivity (Wildman–Crippen MR) is 118 cm³/mol. The highest BCUT2D eigenvalue weighted by atomic mass is 16.5. The summed E-state index contributed by atoms with van der Waals surface area (Å²) in [5.41, 5.74) is 2.50. The number of rotatable bonds is 5. The van der Waals surface area contributed by atoms with Crippen LogP contribution < -0.4 is 20.3 Å². The number of aryl methyl sites for hydroxylation is 1. The topological polar surface area (TPSA) is 86.0 Å². The van der Waals surface area contributed by atoms with Crippen molar-refractivity contribution in [1.29, 1.82) is 0 Å². The highest BCUT2D eigenvalue weighted by Gasteiger charge is 2.15. The van der Waals surface area contributed by atoms with E-state index < -0.39 is 0 Å². The van der Waals surface area contributed by atoms with E-state index >= 15 is 0 Å². The van der Waals surface area contributed by atoms with E-state index in [9.17, 15) is 4.79 Å². The third-order valence-corrected chi connectivity index (χ3v) is 4.66. The van der Waals surface area contributed by atoms with Gasteiger partial charge in [0.15, 0.2) is 0 Å². The molecule has 0 aliphatic carbocycles. The van der Waals surface area contributed by atoms with Crippen LogP contribution in [-0.4, -0.2) is 25.1 Å². The van der Waals surface area contributed by atoms with Gasteiger partial charge in [0.05, 0.1) is 14.2 Å². The number of para-hydroxylation sites is 1.